The molecule has 0 bridgehead atoms. The molecule has 1 aromatic carbocycles. The smallest absolute Gasteiger partial charge is 0.114 e. The molecule has 0 aliphatic heterocycles. The average molecular weight is 216 g/mol. The van der Waals surface area contributed by atoms with Gasteiger partial charge in [-0.2, -0.15) is 0 Å². The number of rotatable bonds is 2. The number of hydrogen-bond donors (Lipinski definition) is 2. The van der Waals surface area contributed by atoms with Crippen molar-refractivity contribution in [3.8, 4) is 0 Å². The molecule has 1 aliphatic rings. The van der Waals surface area contributed by atoms with E-state index in [2.05, 4.69) is 0 Å². The summed E-state index contributed by atoms with van der Waals surface area (Å²) in [4.78, 5) is 0. The van der Waals surface area contributed by atoms with Gasteiger partial charge in [-0.1, -0.05) is 36.4 Å². The van der Waals surface area contributed by atoms with Gasteiger partial charge in [-0.3, -0.25) is 0 Å². The summed E-state index contributed by atoms with van der Waals surface area (Å²) in [5.74, 6) is 0. The third kappa shape index (κ3) is 2.07. The first-order valence-corrected chi connectivity index (χ1v) is 5.20. The molecule has 1 unspecified atom stereocenters. The van der Waals surface area contributed by atoms with Crippen LogP contribution in [0.4, 0.5) is 0 Å². The number of methoxy groups -OCH3 is 1. The first-order chi connectivity index (χ1) is 7.63. The van der Waals surface area contributed by atoms with Crippen molar-refractivity contribution in [2.75, 3.05) is 7.11 Å². The van der Waals surface area contributed by atoms with Crippen LogP contribution in [0.15, 0.2) is 48.6 Å². The van der Waals surface area contributed by atoms with Crippen LogP contribution >= 0.6 is 0 Å². The highest BCUT2D eigenvalue weighted by molar-refractivity contribution is 5.76. The summed E-state index contributed by atoms with van der Waals surface area (Å²) in [5.41, 5.74) is 13.1. The number of ether oxygens (including phenoxy) is 1. The first-order valence-electron chi connectivity index (χ1n) is 5.20. The molecule has 0 heterocycles. The fraction of sp³-hybridized carbons (Fsp3) is 0.231. The van der Waals surface area contributed by atoms with Gasteiger partial charge in [0.25, 0.3) is 0 Å². The summed E-state index contributed by atoms with van der Waals surface area (Å²) in [5, 5.41) is 0. The quantitative estimate of drug-likeness (QED) is 0.732. The lowest BCUT2D eigenvalue weighted by Crippen LogP contribution is -2.58. The minimum absolute atomic E-state index is 0.298. The zero-order valence-corrected chi connectivity index (χ0v) is 9.26. The number of allylic oxidation sites excluding steroid dienone is 2. The van der Waals surface area contributed by atoms with Crippen molar-refractivity contribution in [1.82, 2.24) is 0 Å². The van der Waals surface area contributed by atoms with Crippen molar-refractivity contribution in [3.05, 3.63) is 54.1 Å². The van der Waals surface area contributed by atoms with E-state index in [9.17, 15) is 0 Å². The summed E-state index contributed by atoms with van der Waals surface area (Å²) in [6.07, 6.45) is 5.37. The third-order valence-corrected chi connectivity index (χ3v) is 2.74. The molecule has 0 saturated carbocycles. The van der Waals surface area contributed by atoms with E-state index in [0.29, 0.717) is 0 Å². The van der Waals surface area contributed by atoms with E-state index in [-0.39, 0.29) is 6.10 Å². The van der Waals surface area contributed by atoms with Gasteiger partial charge < -0.3 is 16.2 Å². The summed E-state index contributed by atoms with van der Waals surface area (Å²) in [6.45, 7) is 0. The van der Waals surface area contributed by atoms with Crippen LogP contribution in [0.3, 0.4) is 0 Å². The Kier molecular flexibility index (Phi) is 2.92. The van der Waals surface area contributed by atoms with Crippen LogP contribution in [0.25, 0.3) is 5.57 Å². The van der Waals surface area contributed by atoms with Gasteiger partial charge in [0.2, 0.25) is 0 Å². The average Bonchev–Trinajstić information content (AvgIpc) is 2.30. The van der Waals surface area contributed by atoms with E-state index < -0.39 is 5.66 Å². The monoisotopic (exact) mass is 216 g/mol. The molecule has 0 aromatic heterocycles. The van der Waals surface area contributed by atoms with Crippen molar-refractivity contribution in [2.45, 2.75) is 11.8 Å². The lowest BCUT2D eigenvalue weighted by molar-refractivity contribution is 0.0927. The molecule has 4 N–H and O–H groups in total. The first kappa shape index (κ1) is 11.1. The Morgan fingerprint density at radius 3 is 2.50 bits per heavy atom. The molecule has 0 saturated heterocycles. The van der Waals surface area contributed by atoms with Gasteiger partial charge in [0.15, 0.2) is 0 Å². The highest BCUT2D eigenvalue weighted by Gasteiger charge is 2.29. The van der Waals surface area contributed by atoms with Gasteiger partial charge in [0, 0.05) is 7.11 Å². The SMILES string of the molecule is COC1C=C(c2ccccc2)C=CC1(N)N. The minimum Gasteiger partial charge on any atom is -0.374 e. The Morgan fingerprint density at radius 2 is 1.88 bits per heavy atom. The zero-order valence-electron chi connectivity index (χ0n) is 9.26. The standard InChI is InChI=1S/C13H16N2O/c1-16-12-9-11(7-8-13(12,14)15)10-5-3-2-4-6-10/h2-9,12H,14-15H2,1H3. The molecular weight excluding hydrogens is 200 g/mol. The minimum atomic E-state index is -0.924. The summed E-state index contributed by atoms with van der Waals surface area (Å²) in [6, 6.07) is 10.1. The number of hydrogen-bond acceptors (Lipinski definition) is 3. The van der Waals surface area contributed by atoms with Gasteiger partial charge in [-0.15, -0.1) is 0 Å². The van der Waals surface area contributed by atoms with E-state index in [0.717, 1.165) is 11.1 Å². The molecule has 0 radical (unpaired) electrons. The maximum Gasteiger partial charge on any atom is 0.114 e. The van der Waals surface area contributed by atoms with Crippen LogP contribution in [0.1, 0.15) is 5.56 Å². The molecule has 0 fully saturated rings. The van der Waals surface area contributed by atoms with Gasteiger partial charge in [-0.25, -0.2) is 0 Å². The van der Waals surface area contributed by atoms with Crippen LogP contribution in [-0.4, -0.2) is 18.9 Å². The topological polar surface area (TPSA) is 61.3 Å². The fourth-order valence-corrected chi connectivity index (χ4v) is 1.79. The molecule has 1 aromatic rings. The van der Waals surface area contributed by atoms with E-state index in [1.165, 1.54) is 0 Å². The lowest BCUT2D eigenvalue weighted by atomic mass is 9.92. The lowest BCUT2D eigenvalue weighted by Gasteiger charge is -2.31. The predicted molar refractivity (Wildman–Crippen MR) is 65.5 cm³/mol. The van der Waals surface area contributed by atoms with Crippen molar-refractivity contribution in [3.63, 3.8) is 0 Å². The predicted octanol–water partition coefficient (Wildman–Crippen LogP) is 1.27. The van der Waals surface area contributed by atoms with Gasteiger partial charge in [0.05, 0.1) is 0 Å². The normalized spacial score (nSPS) is 22.9. The second-order valence-corrected chi connectivity index (χ2v) is 3.98. The summed E-state index contributed by atoms with van der Waals surface area (Å²) in [7, 11) is 1.61. The van der Waals surface area contributed by atoms with Crippen molar-refractivity contribution in [2.24, 2.45) is 11.5 Å². The highest BCUT2D eigenvalue weighted by atomic mass is 16.5. The van der Waals surface area contributed by atoms with Crippen molar-refractivity contribution in [1.29, 1.82) is 0 Å². The highest BCUT2D eigenvalue weighted by Crippen LogP contribution is 2.24. The molecule has 0 amide bonds. The van der Waals surface area contributed by atoms with Gasteiger partial charge >= 0.3 is 0 Å². The maximum atomic E-state index is 5.89. The number of nitrogens with two attached hydrogens (primary N) is 2. The largest absolute Gasteiger partial charge is 0.374 e. The molecular formula is C13H16N2O. The molecule has 16 heavy (non-hydrogen) atoms. The Morgan fingerprint density at radius 1 is 1.19 bits per heavy atom. The second-order valence-electron chi connectivity index (χ2n) is 3.98. The van der Waals surface area contributed by atoms with Crippen LogP contribution in [0.5, 0.6) is 0 Å². The molecule has 1 aliphatic carbocycles. The van der Waals surface area contributed by atoms with Crippen molar-refractivity contribution < 1.29 is 4.74 Å². The Labute approximate surface area is 95.4 Å². The van der Waals surface area contributed by atoms with E-state index >= 15 is 0 Å². The van der Waals surface area contributed by atoms with Crippen molar-refractivity contribution >= 4 is 5.57 Å². The van der Waals surface area contributed by atoms with E-state index in [1.807, 2.05) is 42.5 Å². The summed E-state index contributed by atoms with van der Waals surface area (Å²) < 4.78 is 5.28. The Hall–Kier alpha value is -1.42. The maximum absolute atomic E-state index is 5.89. The third-order valence-electron chi connectivity index (χ3n) is 2.74. The Bertz CT molecular complexity index is 421. The van der Waals surface area contributed by atoms with Crippen LogP contribution < -0.4 is 11.5 Å². The van der Waals surface area contributed by atoms with E-state index in [1.54, 1.807) is 13.2 Å². The van der Waals surface area contributed by atoms with Gasteiger partial charge in [-0.05, 0) is 23.3 Å². The van der Waals surface area contributed by atoms with Crippen LogP contribution in [-0.2, 0) is 4.74 Å². The number of benzene rings is 1. The fourth-order valence-electron chi connectivity index (χ4n) is 1.79. The molecule has 0 spiro atoms. The van der Waals surface area contributed by atoms with Crippen LogP contribution in [0.2, 0.25) is 0 Å². The molecule has 1 atom stereocenters. The van der Waals surface area contributed by atoms with Gasteiger partial charge in [0.1, 0.15) is 11.8 Å². The second kappa shape index (κ2) is 4.22. The van der Waals surface area contributed by atoms with Crippen LogP contribution in [0, 0.1) is 0 Å². The molecule has 3 heteroatoms. The zero-order chi connectivity index (χ0) is 11.6. The summed E-state index contributed by atoms with van der Waals surface area (Å²) >= 11 is 0. The molecule has 3 nitrogen and oxygen atoms in total. The Balaban J connectivity index is 2.33. The molecule has 2 rings (SSSR count). The molecule has 84 valence electrons. The van der Waals surface area contributed by atoms with E-state index in [4.69, 9.17) is 16.2 Å².